The second-order valence-electron chi connectivity index (χ2n) is 6.75. The molecule has 2 atom stereocenters. The molecule has 0 spiro atoms. The monoisotopic (exact) mass is 306 g/mol. The number of aromatic nitrogens is 2. The molecule has 1 aromatic heterocycles. The SMILES string of the molecule is CCn1cc(CN2CC[C@@]3(C(=O)O)CCCN(C)[C@@H]3C2)cn1. The summed E-state index contributed by atoms with van der Waals surface area (Å²) >= 11 is 0. The van der Waals surface area contributed by atoms with Gasteiger partial charge in [0.2, 0.25) is 0 Å². The smallest absolute Gasteiger partial charge is 0.311 e. The molecule has 6 heteroatoms. The number of aryl methyl sites for hydroxylation is 1. The van der Waals surface area contributed by atoms with E-state index in [1.165, 1.54) is 5.56 Å². The van der Waals surface area contributed by atoms with Crippen molar-refractivity contribution in [1.82, 2.24) is 19.6 Å². The molecule has 0 aliphatic carbocycles. The molecule has 0 unspecified atom stereocenters. The fraction of sp³-hybridized carbons (Fsp3) is 0.750. The normalized spacial score (nSPS) is 30.2. The van der Waals surface area contributed by atoms with E-state index in [1.807, 2.05) is 10.9 Å². The molecule has 1 aromatic rings. The minimum Gasteiger partial charge on any atom is -0.481 e. The van der Waals surface area contributed by atoms with Crippen molar-refractivity contribution >= 4 is 5.97 Å². The van der Waals surface area contributed by atoms with Crippen molar-refractivity contribution < 1.29 is 9.90 Å². The number of rotatable bonds is 4. The Balaban J connectivity index is 1.72. The van der Waals surface area contributed by atoms with Gasteiger partial charge in [-0.15, -0.1) is 0 Å². The fourth-order valence-electron chi connectivity index (χ4n) is 4.11. The Labute approximate surface area is 131 Å². The van der Waals surface area contributed by atoms with Gasteiger partial charge in [-0.3, -0.25) is 14.4 Å². The molecule has 2 aliphatic heterocycles. The highest BCUT2D eigenvalue weighted by atomic mass is 16.4. The molecule has 6 nitrogen and oxygen atoms in total. The Kier molecular flexibility index (Phi) is 4.23. The van der Waals surface area contributed by atoms with Crippen LogP contribution in [0.5, 0.6) is 0 Å². The lowest BCUT2D eigenvalue weighted by atomic mass is 9.68. The lowest BCUT2D eigenvalue weighted by Gasteiger charge is -2.51. The minimum absolute atomic E-state index is 0.119. The molecule has 0 bridgehead atoms. The van der Waals surface area contributed by atoms with Crippen LogP contribution in [-0.2, 0) is 17.9 Å². The summed E-state index contributed by atoms with van der Waals surface area (Å²) in [7, 11) is 2.07. The number of nitrogens with zero attached hydrogens (tertiary/aromatic N) is 4. The summed E-state index contributed by atoms with van der Waals surface area (Å²) in [6.45, 7) is 6.51. The van der Waals surface area contributed by atoms with Crippen LogP contribution in [0.4, 0.5) is 0 Å². The molecule has 22 heavy (non-hydrogen) atoms. The third kappa shape index (κ3) is 2.65. The molecule has 122 valence electrons. The number of likely N-dealkylation sites (tertiary alicyclic amines) is 2. The molecule has 2 aliphatic rings. The fourth-order valence-corrected chi connectivity index (χ4v) is 4.11. The van der Waals surface area contributed by atoms with Gasteiger partial charge in [0.1, 0.15) is 0 Å². The Hall–Kier alpha value is -1.40. The summed E-state index contributed by atoms with van der Waals surface area (Å²) in [5.74, 6) is -0.609. The first-order chi connectivity index (χ1) is 10.5. The van der Waals surface area contributed by atoms with Gasteiger partial charge in [0, 0.05) is 37.4 Å². The van der Waals surface area contributed by atoms with Crippen molar-refractivity contribution in [2.75, 3.05) is 26.7 Å². The predicted molar refractivity (Wildman–Crippen MR) is 83.5 cm³/mol. The van der Waals surface area contributed by atoms with Crippen LogP contribution >= 0.6 is 0 Å². The van der Waals surface area contributed by atoms with Crippen LogP contribution in [-0.4, -0.2) is 63.4 Å². The number of aliphatic carboxylic acids is 1. The predicted octanol–water partition coefficient (Wildman–Crippen LogP) is 1.27. The first-order valence-corrected chi connectivity index (χ1v) is 8.22. The summed E-state index contributed by atoms with van der Waals surface area (Å²) in [6.07, 6.45) is 6.57. The molecular weight excluding hydrogens is 280 g/mol. The van der Waals surface area contributed by atoms with E-state index >= 15 is 0 Å². The van der Waals surface area contributed by atoms with Crippen LogP contribution in [0.15, 0.2) is 12.4 Å². The van der Waals surface area contributed by atoms with Gasteiger partial charge in [-0.1, -0.05) is 0 Å². The van der Waals surface area contributed by atoms with E-state index in [1.54, 1.807) is 0 Å². The van der Waals surface area contributed by atoms with Crippen LogP contribution in [0.3, 0.4) is 0 Å². The molecule has 0 saturated carbocycles. The standard InChI is InChI=1S/C16H26N4O2/c1-3-20-11-13(9-17-20)10-19-8-6-16(15(21)22)5-4-7-18(2)14(16)12-19/h9,11,14H,3-8,10,12H2,1-2H3,(H,21,22)/t14-,16+/m1/s1. The van der Waals surface area contributed by atoms with E-state index in [-0.39, 0.29) is 6.04 Å². The molecule has 2 fully saturated rings. The molecule has 1 N–H and O–H groups in total. The Morgan fingerprint density at radius 3 is 2.95 bits per heavy atom. The Morgan fingerprint density at radius 2 is 2.27 bits per heavy atom. The Morgan fingerprint density at radius 1 is 1.45 bits per heavy atom. The number of piperidine rings is 2. The second-order valence-corrected chi connectivity index (χ2v) is 6.75. The lowest BCUT2D eigenvalue weighted by Crippen LogP contribution is -2.62. The van der Waals surface area contributed by atoms with E-state index < -0.39 is 11.4 Å². The van der Waals surface area contributed by atoms with Crippen LogP contribution in [0.1, 0.15) is 31.7 Å². The van der Waals surface area contributed by atoms with E-state index in [4.69, 9.17) is 0 Å². The second kappa shape index (κ2) is 6.01. The van der Waals surface area contributed by atoms with Crippen molar-refractivity contribution in [2.45, 2.75) is 45.3 Å². The topological polar surface area (TPSA) is 61.6 Å². The van der Waals surface area contributed by atoms with Gasteiger partial charge < -0.3 is 10.0 Å². The number of carboxylic acids is 1. The van der Waals surface area contributed by atoms with Gasteiger partial charge in [0.25, 0.3) is 0 Å². The molecule has 2 saturated heterocycles. The minimum atomic E-state index is -0.609. The van der Waals surface area contributed by atoms with Gasteiger partial charge in [-0.05, 0) is 46.3 Å². The van der Waals surface area contributed by atoms with Crippen LogP contribution in [0.2, 0.25) is 0 Å². The third-order valence-electron chi connectivity index (χ3n) is 5.45. The zero-order chi connectivity index (χ0) is 15.7. The van der Waals surface area contributed by atoms with Crippen molar-refractivity contribution in [3.63, 3.8) is 0 Å². The summed E-state index contributed by atoms with van der Waals surface area (Å²) in [4.78, 5) is 16.5. The molecule has 3 heterocycles. The number of carbonyl (C=O) groups is 1. The van der Waals surface area contributed by atoms with Crippen molar-refractivity contribution in [3.05, 3.63) is 18.0 Å². The first-order valence-electron chi connectivity index (χ1n) is 8.22. The summed E-state index contributed by atoms with van der Waals surface area (Å²) in [5.41, 5.74) is 0.667. The number of hydrogen-bond acceptors (Lipinski definition) is 4. The first kappa shape index (κ1) is 15.5. The van der Waals surface area contributed by atoms with Gasteiger partial charge >= 0.3 is 5.97 Å². The largest absolute Gasteiger partial charge is 0.481 e. The maximum Gasteiger partial charge on any atom is 0.311 e. The molecule has 0 amide bonds. The zero-order valence-corrected chi connectivity index (χ0v) is 13.5. The van der Waals surface area contributed by atoms with Crippen molar-refractivity contribution in [1.29, 1.82) is 0 Å². The average Bonchev–Trinajstić information content (AvgIpc) is 2.95. The van der Waals surface area contributed by atoms with Gasteiger partial charge in [0.15, 0.2) is 0 Å². The van der Waals surface area contributed by atoms with Crippen molar-refractivity contribution in [2.24, 2.45) is 5.41 Å². The average molecular weight is 306 g/mol. The highest BCUT2D eigenvalue weighted by molar-refractivity contribution is 5.76. The van der Waals surface area contributed by atoms with Gasteiger partial charge in [0.05, 0.1) is 11.6 Å². The lowest BCUT2D eigenvalue weighted by molar-refractivity contribution is -0.162. The Bertz CT molecular complexity index is 544. The maximum atomic E-state index is 11.9. The number of fused-ring (bicyclic) bond motifs is 1. The molecular formula is C16H26N4O2. The quantitative estimate of drug-likeness (QED) is 0.908. The van der Waals surface area contributed by atoms with Crippen LogP contribution in [0, 0.1) is 5.41 Å². The van der Waals surface area contributed by atoms with E-state index in [9.17, 15) is 9.90 Å². The molecule has 3 rings (SSSR count). The molecule has 0 radical (unpaired) electrons. The zero-order valence-electron chi connectivity index (χ0n) is 13.5. The highest BCUT2D eigenvalue weighted by Crippen LogP contribution is 2.42. The van der Waals surface area contributed by atoms with Gasteiger partial charge in [-0.2, -0.15) is 5.10 Å². The summed E-state index contributed by atoms with van der Waals surface area (Å²) in [5, 5.41) is 14.1. The van der Waals surface area contributed by atoms with E-state index in [0.29, 0.717) is 0 Å². The number of hydrogen-bond donors (Lipinski definition) is 1. The highest BCUT2D eigenvalue weighted by Gasteiger charge is 2.52. The van der Waals surface area contributed by atoms with Gasteiger partial charge in [-0.25, -0.2) is 0 Å². The molecule has 0 aromatic carbocycles. The van der Waals surface area contributed by atoms with Crippen LogP contribution in [0.25, 0.3) is 0 Å². The van der Waals surface area contributed by atoms with Crippen molar-refractivity contribution in [3.8, 4) is 0 Å². The summed E-state index contributed by atoms with van der Waals surface area (Å²) in [6, 6.07) is 0.119. The summed E-state index contributed by atoms with van der Waals surface area (Å²) < 4.78 is 1.94. The number of carboxylic acid groups (broad SMARTS) is 1. The number of likely N-dealkylation sites (N-methyl/N-ethyl adjacent to an activating group) is 1. The maximum absolute atomic E-state index is 11.9. The van der Waals surface area contributed by atoms with E-state index in [0.717, 1.165) is 52.0 Å². The third-order valence-corrected chi connectivity index (χ3v) is 5.45. The van der Waals surface area contributed by atoms with Crippen LogP contribution < -0.4 is 0 Å². The van der Waals surface area contributed by atoms with E-state index in [2.05, 4.69) is 35.1 Å².